The molecule has 4 nitrogen and oxygen atoms in total. The van der Waals surface area contributed by atoms with Crippen LogP contribution in [0.2, 0.25) is 0 Å². The second-order valence-corrected chi connectivity index (χ2v) is 5.62. The van der Waals surface area contributed by atoms with Crippen LogP contribution in [0, 0.1) is 0 Å². The lowest BCUT2D eigenvalue weighted by molar-refractivity contribution is -0.131. The van der Waals surface area contributed by atoms with E-state index in [9.17, 15) is 4.79 Å². The maximum atomic E-state index is 12.2. The van der Waals surface area contributed by atoms with Crippen LogP contribution in [0.25, 0.3) is 0 Å². The highest BCUT2D eigenvalue weighted by Crippen LogP contribution is 2.23. The van der Waals surface area contributed by atoms with Crippen LogP contribution >= 0.6 is 11.3 Å². The van der Waals surface area contributed by atoms with Crippen molar-refractivity contribution in [3.8, 4) is 0 Å². The summed E-state index contributed by atoms with van der Waals surface area (Å²) in [5.74, 6) is 0.169. The molecule has 0 aromatic carbocycles. The largest absolute Gasteiger partial charge is 0.338 e. The summed E-state index contributed by atoms with van der Waals surface area (Å²) in [6.45, 7) is 2.06. The molecule has 0 saturated heterocycles. The van der Waals surface area contributed by atoms with E-state index in [0.717, 1.165) is 12.1 Å². The fourth-order valence-electron chi connectivity index (χ4n) is 1.99. The molecule has 5 heteroatoms. The molecule has 2 aromatic heterocycles. The first-order valence-corrected chi connectivity index (χ1v) is 7.23. The third-order valence-electron chi connectivity index (χ3n) is 3.45. The molecule has 0 aliphatic carbocycles. The Balaban J connectivity index is 1.91. The first-order chi connectivity index (χ1) is 9.09. The highest BCUT2D eigenvalue weighted by atomic mass is 32.1. The number of aryl methyl sites for hydroxylation is 2. The van der Waals surface area contributed by atoms with Crippen LogP contribution in [0.4, 0.5) is 0 Å². The lowest BCUT2D eigenvalue weighted by atomic mass is 10.2. The van der Waals surface area contributed by atoms with E-state index in [1.807, 2.05) is 41.2 Å². The molecule has 102 valence electrons. The second kappa shape index (κ2) is 6.02. The number of thiophene rings is 1. The Kier molecular flexibility index (Phi) is 4.37. The van der Waals surface area contributed by atoms with Crippen molar-refractivity contribution in [3.05, 3.63) is 40.3 Å². The fourth-order valence-corrected chi connectivity index (χ4v) is 2.82. The van der Waals surface area contributed by atoms with Crippen molar-refractivity contribution in [1.82, 2.24) is 14.7 Å². The Morgan fingerprint density at radius 2 is 2.32 bits per heavy atom. The van der Waals surface area contributed by atoms with Gasteiger partial charge in [-0.3, -0.25) is 9.48 Å². The zero-order chi connectivity index (χ0) is 13.8. The Morgan fingerprint density at radius 1 is 1.53 bits per heavy atom. The Labute approximate surface area is 117 Å². The van der Waals surface area contributed by atoms with Gasteiger partial charge in [0.25, 0.3) is 0 Å². The van der Waals surface area contributed by atoms with E-state index < -0.39 is 0 Å². The maximum absolute atomic E-state index is 12.2. The SMILES string of the molecule is CC(c1cccs1)N(C)C(=O)CCc1ccnn1C. The first-order valence-electron chi connectivity index (χ1n) is 6.35. The smallest absolute Gasteiger partial charge is 0.223 e. The fraction of sp³-hybridized carbons (Fsp3) is 0.429. The van der Waals surface area contributed by atoms with Crippen molar-refractivity contribution in [1.29, 1.82) is 0 Å². The van der Waals surface area contributed by atoms with Gasteiger partial charge in [-0.2, -0.15) is 5.10 Å². The lowest BCUT2D eigenvalue weighted by Crippen LogP contribution is -2.29. The molecule has 1 atom stereocenters. The van der Waals surface area contributed by atoms with Crippen molar-refractivity contribution in [3.63, 3.8) is 0 Å². The molecule has 2 aromatic rings. The predicted octanol–water partition coefficient (Wildman–Crippen LogP) is 2.63. The monoisotopic (exact) mass is 277 g/mol. The molecule has 0 N–H and O–H groups in total. The molecule has 0 saturated carbocycles. The quantitative estimate of drug-likeness (QED) is 0.842. The van der Waals surface area contributed by atoms with Gasteiger partial charge >= 0.3 is 0 Å². The van der Waals surface area contributed by atoms with Gasteiger partial charge in [0.05, 0.1) is 6.04 Å². The molecule has 2 heterocycles. The Bertz CT molecular complexity index is 533. The summed E-state index contributed by atoms with van der Waals surface area (Å²) in [4.78, 5) is 15.2. The van der Waals surface area contributed by atoms with E-state index in [-0.39, 0.29) is 11.9 Å². The second-order valence-electron chi connectivity index (χ2n) is 4.64. The first kappa shape index (κ1) is 13.8. The van der Waals surface area contributed by atoms with Crippen molar-refractivity contribution in [2.24, 2.45) is 7.05 Å². The van der Waals surface area contributed by atoms with Crippen LogP contribution in [0.5, 0.6) is 0 Å². The van der Waals surface area contributed by atoms with Crippen molar-refractivity contribution >= 4 is 17.2 Å². The number of carbonyl (C=O) groups excluding carboxylic acids is 1. The van der Waals surface area contributed by atoms with Crippen molar-refractivity contribution < 1.29 is 4.79 Å². The van der Waals surface area contributed by atoms with E-state index in [1.54, 1.807) is 17.5 Å². The Morgan fingerprint density at radius 3 is 2.89 bits per heavy atom. The zero-order valence-electron chi connectivity index (χ0n) is 11.5. The van der Waals surface area contributed by atoms with Crippen LogP contribution in [-0.4, -0.2) is 27.6 Å². The van der Waals surface area contributed by atoms with E-state index in [0.29, 0.717) is 6.42 Å². The summed E-state index contributed by atoms with van der Waals surface area (Å²) >= 11 is 1.69. The van der Waals surface area contributed by atoms with Crippen molar-refractivity contribution in [2.75, 3.05) is 7.05 Å². The molecule has 1 amide bonds. The minimum absolute atomic E-state index is 0.138. The van der Waals surface area contributed by atoms with Gasteiger partial charge in [-0.1, -0.05) is 6.07 Å². The Hall–Kier alpha value is -1.62. The molecular weight excluding hydrogens is 258 g/mol. The summed E-state index contributed by atoms with van der Waals surface area (Å²) in [6, 6.07) is 6.18. The van der Waals surface area contributed by atoms with Gasteiger partial charge in [0.15, 0.2) is 0 Å². The van der Waals surface area contributed by atoms with Crippen LogP contribution in [-0.2, 0) is 18.3 Å². The van der Waals surface area contributed by atoms with Crippen molar-refractivity contribution in [2.45, 2.75) is 25.8 Å². The zero-order valence-corrected chi connectivity index (χ0v) is 12.4. The van der Waals surface area contributed by atoms with Gasteiger partial charge in [-0.15, -0.1) is 11.3 Å². The van der Waals surface area contributed by atoms with Crippen LogP contribution in [0.1, 0.15) is 30.0 Å². The van der Waals surface area contributed by atoms with Gasteiger partial charge < -0.3 is 4.90 Å². The standard InChI is InChI=1S/C14H19N3OS/c1-11(13-5-4-10-19-13)16(2)14(18)7-6-12-8-9-15-17(12)3/h4-5,8-11H,6-7H2,1-3H3. The summed E-state index contributed by atoms with van der Waals surface area (Å²) in [5.41, 5.74) is 1.09. The molecule has 0 spiro atoms. The summed E-state index contributed by atoms with van der Waals surface area (Å²) < 4.78 is 1.82. The molecule has 1 unspecified atom stereocenters. The summed E-state index contributed by atoms with van der Waals surface area (Å²) in [5, 5.41) is 6.15. The molecule has 0 fully saturated rings. The molecule has 0 aliphatic rings. The van der Waals surface area contributed by atoms with E-state index in [1.165, 1.54) is 4.88 Å². The van der Waals surface area contributed by atoms with Crippen LogP contribution in [0.15, 0.2) is 29.8 Å². The molecule has 0 radical (unpaired) electrons. The number of nitrogens with zero attached hydrogens (tertiary/aromatic N) is 3. The lowest BCUT2D eigenvalue weighted by Gasteiger charge is -2.24. The van der Waals surface area contributed by atoms with Gasteiger partial charge in [0.2, 0.25) is 5.91 Å². The number of carbonyl (C=O) groups is 1. The number of rotatable bonds is 5. The van der Waals surface area contributed by atoms with E-state index in [4.69, 9.17) is 0 Å². The topological polar surface area (TPSA) is 38.1 Å². The van der Waals surface area contributed by atoms with Gasteiger partial charge in [-0.25, -0.2) is 0 Å². The number of amides is 1. The third kappa shape index (κ3) is 3.23. The van der Waals surface area contributed by atoms with Crippen LogP contribution < -0.4 is 0 Å². The molecule has 0 aliphatic heterocycles. The van der Waals surface area contributed by atoms with Crippen LogP contribution in [0.3, 0.4) is 0 Å². The third-order valence-corrected chi connectivity index (χ3v) is 4.49. The average Bonchev–Trinajstić information content (AvgIpc) is 3.05. The number of aromatic nitrogens is 2. The highest BCUT2D eigenvalue weighted by Gasteiger charge is 2.18. The molecule has 0 bridgehead atoms. The highest BCUT2D eigenvalue weighted by molar-refractivity contribution is 7.10. The molecular formula is C14H19N3OS. The molecule has 2 rings (SSSR count). The van der Waals surface area contributed by atoms with E-state index in [2.05, 4.69) is 18.1 Å². The minimum atomic E-state index is 0.138. The molecule has 19 heavy (non-hydrogen) atoms. The van der Waals surface area contributed by atoms with Gasteiger partial charge in [-0.05, 0) is 30.9 Å². The number of hydrogen-bond acceptors (Lipinski definition) is 3. The van der Waals surface area contributed by atoms with E-state index >= 15 is 0 Å². The predicted molar refractivity (Wildman–Crippen MR) is 77.0 cm³/mol. The summed E-state index contributed by atoms with van der Waals surface area (Å²) in [6.07, 6.45) is 3.01. The summed E-state index contributed by atoms with van der Waals surface area (Å²) in [7, 11) is 3.77. The minimum Gasteiger partial charge on any atom is -0.338 e. The van der Waals surface area contributed by atoms with Gasteiger partial charge in [0.1, 0.15) is 0 Å². The number of hydrogen-bond donors (Lipinski definition) is 0. The average molecular weight is 277 g/mol. The normalized spacial score (nSPS) is 12.4. The van der Waals surface area contributed by atoms with Gasteiger partial charge in [0, 0.05) is 37.3 Å². The maximum Gasteiger partial charge on any atom is 0.223 e.